The van der Waals surface area contributed by atoms with Gasteiger partial charge in [0.2, 0.25) is 5.82 Å². The average Bonchev–Trinajstić information content (AvgIpc) is 2.62. The van der Waals surface area contributed by atoms with Crippen LogP contribution in [-0.2, 0) is 0 Å². The van der Waals surface area contributed by atoms with Crippen molar-refractivity contribution in [3.8, 4) is 0 Å². The van der Waals surface area contributed by atoms with Gasteiger partial charge in [-0.15, -0.1) is 0 Å². The van der Waals surface area contributed by atoms with Crippen LogP contribution in [0.2, 0.25) is 0 Å². The van der Waals surface area contributed by atoms with Gasteiger partial charge in [0.15, 0.2) is 0 Å². The fraction of sp³-hybridized carbons (Fsp3) is 0.769. The lowest BCUT2D eigenvalue weighted by Crippen LogP contribution is -2.65. The Morgan fingerprint density at radius 3 is 2.30 bits per heavy atom. The van der Waals surface area contributed by atoms with Crippen LogP contribution in [-0.4, -0.2) is 38.5 Å². The van der Waals surface area contributed by atoms with Gasteiger partial charge in [-0.1, -0.05) is 13.8 Å². The molecule has 0 atom stereocenters. The number of anilines is 1. The van der Waals surface area contributed by atoms with Gasteiger partial charge in [-0.05, 0) is 26.7 Å². The predicted molar refractivity (Wildman–Crippen MR) is 76.0 cm³/mol. The van der Waals surface area contributed by atoms with Crippen LogP contribution in [0, 0.1) is 23.0 Å². The Morgan fingerprint density at radius 1 is 1.35 bits per heavy atom. The van der Waals surface area contributed by atoms with Gasteiger partial charge in [-0.2, -0.15) is 5.10 Å². The number of nitro groups is 1. The Kier molecular flexibility index (Phi) is 3.49. The van der Waals surface area contributed by atoms with Gasteiger partial charge in [0.25, 0.3) is 0 Å². The minimum absolute atomic E-state index is 0.0325. The summed E-state index contributed by atoms with van der Waals surface area (Å²) >= 11 is 0. The Morgan fingerprint density at radius 2 is 1.90 bits per heavy atom. The number of hydrogen-bond acceptors (Lipinski definition) is 5. The molecule has 2 rings (SSSR count). The molecule has 1 N–H and O–H groups in total. The summed E-state index contributed by atoms with van der Waals surface area (Å²) in [5, 5.41) is 25.9. The van der Waals surface area contributed by atoms with Gasteiger partial charge in [-0.3, -0.25) is 10.1 Å². The van der Waals surface area contributed by atoms with Crippen LogP contribution in [0.3, 0.4) is 0 Å². The highest BCUT2D eigenvalue weighted by molar-refractivity contribution is 5.63. The standard InChI is InChI=1S/C13H22N4O3/c1-8(2)13(18)6-15(7-13)12-11(17(19)20)10(5)14-16(12)9(3)4/h8-9,18H,6-7H2,1-5H3. The summed E-state index contributed by atoms with van der Waals surface area (Å²) < 4.78 is 1.67. The smallest absolute Gasteiger partial charge is 0.333 e. The summed E-state index contributed by atoms with van der Waals surface area (Å²) in [6.45, 7) is 10.2. The Hall–Kier alpha value is -1.63. The zero-order valence-corrected chi connectivity index (χ0v) is 12.6. The maximum absolute atomic E-state index is 11.3. The van der Waals surface area contributed by atoms with Crippen molar-refractivity contribution in [2.45, 2.75) is 46.3 Å². The highest BCUT2D eigenvalue weighted by Crippen LogP contribution is 2.40. The molecule has 0 aromatic carbocycles. The van der Waals surface area contributed by atoms with E-state index in [1.54, 1.807) is 11.6 Å². The Balaban J connectivity index is 2.39. The van der Waals surface area contributed by atoms with E-state index in [4.69, 9.17) is 0 Å². The molecule has 0 saturated carbocycles. The van der Waals surface area contributed by atoms with E-state index in [1.165, 1.54) is 0 Å². The molecule has 0 aliphatic carbocycles. The number of aliphatic hydroxyl groups is 1. The lowest BCUT2D eigenvalue weighted by atomic mass is 9.83. The van der Waals surface area contributed by atoms with E-state index >= 15 is 0 Å². The SMILES string of the molecule is Cc1nn(C(C)C)c(N2CC(O)(C(C)C)C2)c1[N+](=O)[O-]. The highest BCUT2D eigenvalue weighted by atomic mass is 16.6. The van der Waals surface area contributed by atoms with Crippen LogP contribution in [0.5, 0.6) is 0 Å². The van der Waals surface area contributed by atoms with E-state index in [2.05, 4.69) is 5.10 Å². The molecule has 0 bridgehead atoms. The minimum Gasteiger partial charge on any atom is -0.386 e. The molecule has 1 fully saturated rings. The molecule has 0 unspecified atom stereocenters. The van der Waals surface area contributed by atoms with Gasteiger partial charge >= 0.3 is 5.69 Å². The fourth-order valence-corrected chi connectivity index (χ4v) is 2.52. The average molecular weight is 282 g/mol. The van der Waals surface area contributed by atoms with E-state index in [0.29, 0.717) is 24.6 Å². The molecule has 1 aromatic rings. The van der Waals surface area contributed by atoms with Gasteiger partial charge in [0, 0.05) is 6.04 Å². The summed E-state index contributed by atoms with van der Waals surface area (Å²) in [4.78, 5) is 12.7. The third-order valence-electron chi connectivity index (χ3n) is 4.00. The van der Waals surface area contributed by atoms with Crippen molar-refractivity contribution in [3.05, 3.63) is 15.8 Å². The Bertz CT molecular complexity index is 530. The fourth-order valence-electron chi connectivity index (χ4n) is 2.52. The molecular weight excluding hydrogens is 260 g/mol. The molecule has 20 heavy (non-hydrogen) atoms. The Labute approximate surface area is 118 Å². The molecule has 0 amide bonds. The quantitative estimate of drug-likeness (QED) is 0.673. The number of aryl methyl sites for hydroxylation is 1. The first-order valence-corrected chi connectivity index (χ1v) is 6.88. The van der Waals surface area contributed by atoms with Crippen molar-refractivity contribution in [1.82, 2.24) is 9.78 Å². The first-order valence-electron chi connectivity index (χ1n) is 6.88. The van der Waals surface area contributed by atoms with Crippen LogP contribution in [0.15, 0.2) is 0 Å². The minimum atomic E-state index is -0.770. The largest absolute Gasteiger partial charge is 0.386 e. The molecule has 1 aliphatic rings. The second kappa shape index (κ2) is 4.73. The third-order valence-corrected chi connectivity index (χ3v) is 4.00. The molecule has 7 heteroatoms. The van der Waals surface area contributed by atoms with E-state index in [0.717, 1.165) is 0 Å². The van der Waals surface area contributed by atoms with Gasteiger partial charge < -0.3 is 10.0 Å². The zero-order valence-electron chi connectivity index (χ0n) is 12.6. The maximum Gasteiger partial charge on any atom is 0.333 e. The molecule has 1 aromatic heterocycles. The summed E-state index contributed by atoms with van der Waals surface area (Å²) in [7, 11) is 0. The first kappa shape index (κ1) is 14.8. The molecule has 1 saturated heterocycles. The number of hydrogen-bond donors (Lipinski definition) is 1. The van der Waals surface area contributed by atoms with Crippen LogP contribution >= 0.6 is 0 Å². The van der Waals surface area contributed by atoms with E-state index in [9.17, 15) is 15.2 Å². The number of rotatable bonds is 4. The molecular formula is C13H22N4O3. The maximum atomic E-state index is 11.3. The summed E-state index contributed by atoms with van der Waals surface area (Å²) in [5.74, 6) is 0.627. The molecule has 112 valence electrons. The van der Waals surface area contributed by atoms with Crippen molar-refractivity contribution in [1.29, 1.82) is 0 Å². The summed E-state index contributed by atoms with van der Waals surface area (Å²) in [6, 6.07) is 0.0325. The van der Waals surface area contributed by atoms with Crippen LogP contribution in [0.25, 0.3) is 0 Å². The van der Waals surface area contributed by atoms with Crippen LogP contribution < -0.4 is 4.90 Å². The van der Waals surface area contributed by atoms with Crippen molar-refractivity contribution in [2.75, 3.05) is 18.0 Å². The van der Waals surface area contributed by atoms with Crippen LogP contribution in [0.1, 0.15) is 39.4 Å². The third kappa shape index (κ3) is 2.15. The first-order chi connectivity index (χ1) is 9.17. The van der Waals surface area contributed by atoms with E-state index < -0.39 is 5.60 Å². The zero-order chi connectivity index (χ0) is 15.2. The molecule has 1 aliphatic heterocycles. The molecule has 2 heterocycles. The van der Waals surface area contributed by atoms with Gasteiger partial charge in [0.1, 0.15) is 11.3 Å². The van der Waals surface area contributed by atoms with Crippen molar-refractivity contribution in [3.63, 3.8) is 0 Å². The molecule has 7 nitrogen and oxygen atoms in total. The molecule has 0 spiro atoms. The molecule has 0 radical (unpaired) electrons. The lowest BCUT2D eigenvalue weighted by molar-refractivity contribution is -0.384. The van der Waals surface area contributed by atoms with Crippen molar-refractivity contribution < 1.29 is 10.0 Å². The van der Waals surface area contributed by atoms with E-state index in [-0.39, 0.29) is 22.6 Å². The monoisotopic (exact) mass is 282 g/mol. The van der Waals surface area contributed by atoms with Gasteiger partial charge in [-0.25, -0.2) is 4.68 Å². The second-order valence-corrected chi connectivity index (χ2v) is 6.17. The van der Waals surface area contributed by atoms with Crippen molar-refractivity contribution >= 4 is 11.5 Å². The predicted octanol–water partition coefficient (Wildman–Crippen LogP) is 1.89. The second-order valence-electron chi connectivity index (χ2n) is 6.17. The lowest BCUT2D eigenvalue weighted by Gasteiger charge is -2.49. The van der Waals surface area contributed by atoms with Crippen LogP contribution in [0.4, 0.5) is 11.5 Å². The topological polar surface area (TPSA) is 84.4 Å². The summed E-state index contributed by atoms with van der Waals surface area (Å²) in [5.41, 5.74) is -0.309. The number of aromatic nitrogens is 2. The van der Waals surface area contributed by atoms with Gasteiger partial charge in [0.05, 0.1) is 18.0 Å². The van der Waals surface area contributed by atoms with E-state index in [1.807, 2.05) is 32.6 Å². The number of β-amino-alcohol motifs (C(OH)–C–C–N with tert-alkyl or cyclic N) is 1. The number of nitrogens with zero attached hydrogens (tertiary/aromatic N) is 4. The normalized spacial score (nSPS) is 17.7. The summed E-state index contributed by atoms with van der Waals surface area (Å²) in [6.07, 6.45) is 0. The van der Waals surface area contributed by atoms with Crippen molar-refractivity contribution in [2.24, 2.45) is 5.92 Å². The highest BCUT2D eigenvalue weighted by Gasteiger charge is 2.47.